The molecule has 0 saturated carbocycles. The standard InChI is InChI=1S/Na.H2O3P.2H2O/c;1-4(2)3;;/h;1-2H;2*1H2/q+1;-1;;. The van der Waals surface area contributed by atoms with Crippen LogP contribution in [0.4, 0.5) is 0 Å². The Bertz CT molecular complexity index is 12.8. The molecule has 0 unspecified atom stereocenters. The molecule has 0 aromatic rings. The fourth-order valence-corrected chi connectivity index (χ4v) is 0. The predicted molar refractivity (Wildman–Crippen MR) is 18.6 cm³/mol. The molecule has 0 heterocycles. The molecule has 0 radical (unpaired) electrons. The second kappa shape index (κ2) is 15.7. The zero-order valence-electron chi connectivity index (χ0n) is 3.75. The Kier molecular flexibility index (Phi) is 53.9. The second-order valence-corrected chi connectivity index (χ2v) is 0.758. The fourth-order valence-electron chi connectivity index (χ4n) is 0. The summed E-state index contributed by atoms with van der Waals surface area (Å²) in [5, 5.41) is 0. The molecule has 0 saturated heterocycles. The fraction of sp³-hybridized carbons (Fsp3) is 0. The average Bonchev–Trinajstić information content (AvgIpc) is 0.811. The monoisotopic (exact) mass is 140 g/mol. The molecule has 0 atom stereocenters. The molecule has 5 nitrogen and oxygen atoms in total. The summed E-state index contributed by atoms with van der Waals surface area (Å²) in [5.74, 6) is 0. The van der Waals surface area contributed by atoms with Gasteiger partial charge in [-0.3, -0.25) is 0 Å². The van der Waals surface area contributed by atoms with Crippen LogP contribution in [-0.2, 0) is 0 Å². The van der Waals surface area contributed by atoms with E-state index in [4.69, 9.17) is 14.7 Å². The Morgan fingerprint density at radius 2 is 1.14 bits per heavy atom. The second-order valence-electron chi connectivity index (χ2n) is 0.253. The van der Waals surface area contributed by atoms with Crippen molar-refractivity contribution in [3.05, 3.63) is 0 Å². The van der Waals surface area contributed by atoms with Crippen LogP contribution in [0.25, 0.3) is 0 Å². The van der Waals surface area contributed by atoms with E-state index in [0.29, 0.717) is 0 Å². The van der Waals surface area contributed by atoms with Crippen molar-refractivity contribution in [2.24, 2.45) is 0 Å². The first-order chi connectivity index (χ1) is 1.73. The smallest absolute Gasteiger partial charge is 0.786 e. The van der Waals surface area contributed by atoms with Crippen molar-refractivity contribution in [2.45, 2.75) is 0 Å². The Balaban J connectivity index is -0.0000000150. The van der Waals surface area contributed by atoms with E-state index in [1.54, 1.807) is 0 Å². The molecule has 0 bridgehead atoms. The van der Waals surface area contributed by atoms with Crippen LogP contribution < -0.4 is 34.5 Å². The normalized spacial score (nSPS) is 5.14. The number of rotatable bonds is 0. The van der Waals surface area contributed by atoms with Crippen molar-refractivity contribution in [3.8, 4) is 0 Å². The van der Waals surface area contributed by atoms with Crippen LogP contribution in [0.5, 0.6) is 0 Å². The topological polar surface area (TPSA) is 127 Å². The number of hydrogen-bond donors (Lipinski definition) is 2. The van der Waals surface area contributed by atoms with E-state index in [0.717, 1.165) is 0 Å². The van der Waals surface area contributed by atoms with Gasteiger partial charge in [0.15, 0.2) is 0 Å². The van der Waals surface area contributed by atoms with Gasteiger partial charge in [0.05, 0.1) is 8.60 Å². The van der Waals surface area contributed by atoms with E-state index in [-0.39, 0.29) is 40.5 Å². The van der Waals surface area contributed by atoms with Crippen LogP contribution in [0, 0.1) is 0 Å². The van der Waals surface area contributed by atoms with Gasteiger partial charge in [0.25, 0.3) is 0 Å². The molecule has 0 aromatic heterocycles. The van der Waals surface area contributed by atoms with Gasteiger partial charge in [-0.1, -0.05) is 0 Å². The van der Waals surface area contributed by atoms with Gasteiger partial charge in [0, 0.05) is 0 Å². The van der Waals surface area contributed by atoms with Crippen molar-refractivity contribution >= 4 is 8.60 Å². The maximum atomic E-state index is 8.70. The third-order valence-electron chi connectivity index (χ3n) is 0. The van der Waals surface area contributed by atoms with Crippen LogP contribution >= 0.6 is 8.60 Å². The summed E-state index contributed by atoms with van der Waals surface area (Å²) in [7, 11) is -2.87. The first kappa shape index (κ1) is 24.0. The molecule has 7 heavy (non-hydrogen) atoms. The summed E-state index contributed by atoms with van der Waals surface area (Å²) < 4.78 is 0. The summed E-state index contributed by atoms with van der Waals surface area (Å²) in [4.78, 5) is 22.9. The number of hydrogen-bond acceptors (Lipinski definition) is 3. The maximum absolute atomic E-state index is 8.70. The molecule has 6 N–H and O–H groups in total. The van der Waals surface area contributed by atoms with Crippen molar-refractivity contribution < 1.29 is 55.2 Å². The SMILES string of the molecule is O.O.[Na+].[O-]P(O)O. The van der Waals surface area contributed by atoms with Gasteiger partial charge in [0.2, 0.25) is 0 Å². The van der Waals surface area contributed by atoms with Gasteiger partial charge < -0.3 is 25.6 Å². The molecule has 0 aliphatic carbocycles. The van der Waals surface area contributed by atoms with E-state index < -0.39 is 8.60 Å². The Morgan fingerprint density at radius 1 is 1.14 bits per heavy atom. The summed E-state index contributed by atoms with van der Waals surface area (Å²) >= 11 is 0. The molecule has 0 rings (SSSR count). The molecule has 42 valence electrons. The zero-order chi connectivity index (χ0) is 3.58. The van der Waals surface area contributed by atoms with Crippen LogP contribution in [0.1, 0.15) is 0 Å². The zero-order valence-corrected chi connectivity index (χ0v) is 6.64. The average molecular weight is 140 g/mol. The van der Waals surface area contributed by atoms with E-state index in [1.165, 1.54) is 0 Å². The van der Waals surface area contributed by atoms with Crippen molar-refractivity contribution in [3.63, 3.8) is 0 Å². The first-order valence-electron chi connectivity index (χ1n) is 0.583. The summed E-state index contributed by atoms with van der Waals surface area (Å²) in [6, 6.07) is 0. The molecule has 0 amide bonds. The van der Waals surface area contributed by atoms with Gasteiger partial charge in [-0.25, -0.2) is 0 Å². The van der Waals surface area contributed by atoms with Gasteiger partial charge in [-0.15, -0.1) is 0 Å². The molecule has 7 heteroatoms. The van der Waals surface area contributed by atoms with Crippen molar-refractivity contribution in [2.75, 3.05) is 0 Å². The summed E-state index contributed by atoms with van der Waals surface area (Å²) in [6.45, 7) is 0. The minimum absolute atomic E-state index is 0. The van der Waals surface area contributed by atoms with E-state index >= 15 is 0 Å². The van der Waals surface area contributed by atoms with Crippen molar-refractivity contribution in [1.82, 2.24) is 0 Å². The van der Waals surface area contributed by atoms with Crippen molar-refractivity contribution in [1.29, 1.82) is 0 Å². The van der Waals surface area contributed by atoms with Gasteiger partial charge in [-0.05, 0) is 0 Å². The molecule has 0 aromatic carbocycles. The third kappa shape index (κ3) is 131. The Hall–Kier alpha value is 1.23. The molecular weight excluding hydrogens is 134 g/mol. The largest absolute Gasteiger partial charge is 1.00 e. The van der Waals surface area contributed by atoms with E-state index in [9.17, 15) is 0 Å². The molecule has 0 fully saturated rings. The third-order valence-corrected chi connectivity index (χ3v) is 0. The Labute approximate surface area is 63.9 Å². The molecule has 0 spiro atoms. The molecule has 0 aliphatic rings. The molecule has 0 aliphatic heterocycles. The van der Waals surface area contributed by atoms with Gasteiger partial charge in [0.1, 0.15) is 0 Å². The summed E-state index contributed by atoms with van der Waals surface area (Å²) in [5.41, 5.74) is 0. The van der Waals surface area contributed by atoms with E-state index in [2.05, 4.69) is 0 Å². The van der Waals surface area contributed by atoms with Crippen LogP contribution in [0.15, 0.2) is 0 Å². The van der Waals surface area contributed by atoms with E-state index in [1.807, 2.05) is 0 Å². The Morgan fingerprint density at radius 3 is 1.14 bits per heavy atom. The minimum atomic E-state index is -2.87. The first-order valence-corrected chi connectivity index (χ1v) is 1.75. The maximum Gasteiger partial charge on any atom is 1.00 e. The summed E-state index contributed by atoms with van der Waals surface area (Å²) in [6.07, 6.45) is 0. The molecular formula is H6NaO5P. The van der Waals surface area contributed by atoms with Gasteiger partial charge in [-0.2, -0.15) is 0 Å². The van der Waals surface area contributed by atoms with Gasteiger partial charge >= 0.3 is 29.6 Å². The predicted octanol–water partition coefficient (Wildman–Crippen LogP) is -6.09. The van der Waals surface area contributed by atoms with Crippen LogP contribution in [0.3, 0.4) is 0 Å². The minimum Gasteiger partial charge on any atom is -0.786 e. The van der Waals surface area contributed by atoms with Crippen LogP contribution in [0.2, 0.25) is 0 Å². The van der Waals surface area contributed by atoms with Crippen LogP contribution in [-0.4, -0.2) is 20.7 Å². The quantitative estimate of drug-likeness (QED) is 0.256.